The van der Waals surface area contributed by atoms with Crippen LogP contribution in [0, 0.1) is 23.2 Å². The van der Waals surface area contributed by atoms with Crippen molar-refractivity contribution in [2.45, 2.75) is 117 Å². The molecule has 0 heterocycles. The van der Waals surface area contributed by atoms with E-state index in [4.69, 9.17) is 0 Å². The van der Waals surface area contributed by atoms with Crippen LogP contribution in [0.15, 0.2) is 34.9 Å². The van der Waals surface area contributed by atoms with Gasteiger partial charge in [0.2, 0.25) is 0 Å². The first kappa shape index (κ1) is 24.7. The van der Waals surface area contributed by atoms with E-state index in [2.05, 4.69) is 33.4 Å². The predicted octanol–water partition coefficient (Wildman–Crippen LogP) is 6.09. The van der Waals surface area contributed by atoms with Crippen LogP contribution in [0.2, 0.25) is 0 Å². The van der Waals surface area contributed by atoms with Gasteiger partial charge in [-0.25, -0.2) is 0 Å². The quantitative estimate of drug-likeness (QED) is 0.477. The lowest BCUT2D eigenvalue weighted by Gasteiger charge is -2.44. The van der Waals surface area contributed by atoms with Crippen molar-refractivity contribution >= 4 is 0 Å². The van der Waals surface area contributed by atoms with Crippen LogP contribution in [0.1, 0.15) is 98.8 Å². The number of rotatable bonds is 6. The Hall–Kier alpha value is -0.900. The molecule has 0 aromatic carbocycles. The Morgan fingerprint density at radius 2 is 2.00 bits per heavy atom. The fourth-order valence-electron chi connectivity index (χ4n) is 7.08. The second-order valence-electron chi connectivity index (χ2n) is 11.8. The Morgan fingerprint density at radius 1 is 1.29 bits per heavy atom. The number of fused-ring (bicyclic) bond motifs is 1. The summed E-state index contributed by atoms with van der Waals surface area (Å²) in [6, 6.07) is 0. The standard InChI is InChI=1S/C28H46O3/c1-18(9-7-13-27(4,5)31)24-11-12-25-21(10-8-14-28(24,25)6)15-19(2)23-16-22(29)17-26(30)20(23)3/h15,18,22,24-26,29-31H,3,7-14,16-17H2,1-2,4-6H3. The van der Waals surface area contributed by atoms with Gasteiger partial charge in [-0.05, 0) is 106 Å². The Labute approximate surface area is 190 Å². The maximum absolute atomic E-state index is 10.3. The Balaban J connectivity index is 1.76. The summed E-state index contributed by atoms with van der Waals surface area (Å²) in [7, 11) is 0. The molecule has 0 aromatic rings. The molecule has 0 spiro atoms. The molecule has 3 heteroatoms. The van der Waals surface area contributed by atoms with Gasteiger partial charge >= 0.3 is 0 Å². The minimum atomic E-state index is -0.621. The van der Waals surface area contributed by atoms with Crippen molar-refractivity contribution in [3.8, 4) is 0 Å². The van der Waals surface area contributed by atoms with Crippen LogP contribution in [0.3, 0.4) is 0 Å². The van der Waals surface area contributed by atoms with Crippen LogP contribution >= 0.6 is 0 Å². The van der Waals surface area contributed by atoms with Gasteiger partial charge in [0.1, 0.15) is 0 Å². The summed E-state index contributed by atoms with van der Waals surface area (Å²) < 4.78 is 0. The lowest BCUT2D eigenvalue weighted by atomic mass is 9.60. The molecule has 31 heavy (non-hydrogen) atoms. The normalized spacial score (nSPS) is 38.3. The molecule has 6 atom stereocenters. The third kappa shape index (κ3) is 5.54. The van der Waals surface area contributed by atoms with E-state index in [1.165, 1.54) is 44.1 Å². The van der Waals surface area contributed by atoms with E-state index in [1.54, 1.807) is 5.57 Å². The third-order valence-corrected chi connectivity index (χ3v) is 8.78. The summed E-state index contributed by atoms with van der Waals surface area (Å²) in [6.07, 6.45) is 11.8. The van der Waals surface area contributed by atoms with E-state index in [0.717, 1.165) is 29.9 Å². The van der Waals surface area contributed by atoms with Crippen LogP contribution < -0.4 is 0 Å². The van der Waals surface area contributed by atoms with Gasteiger partial charge in [0.15, 0.2) is 0 Å². The van der Waals surface area contributed by atoms with Crippen LogP contribution in [-0.2, 0) is 0 Å². The third-order valence-electron chi connectivity index (χ3n) is 8.78. The molecule has 6 unspecified atom stereocenters. The van der Waals surface area contributed by atoms with Crippen molar-refractivity contribution in [2.75, 3.05) is 0 Å². The SMILES string of the molecule is C=C1C(=C(C)C=C2CCCC3(C)C2CCC3C(C)CCCC(C)(C)O)CC(O)CC1O. The summed E-state index contributed by atoms with van der Waals surface area (Å²) >= 11 is 0. The van der Waals surface area contributed by atoms with Crippen molar-refractivity contribution in [1.29, 1.82) is 0 Å². The zero-order valence-electron chi connectivity index (χ0n) is 20.6. The highest BCUT2D eigenvalue weighted by Crippen LogP contribution is 2.60. The van der Waals surface area contributed by atoms with Crippen molar-refractivity contribution in [1.82, 2.24) is 0 Å². The smallest absolute Gasteiger partial charge is 0.0811 e. The summed E-state index contributed by atoms with van der Waals surface area (Å²) in [5.74, 6) is 2.09. The molecule has 3 saturated carbocycles. The zero-order valence-corrected chi connectivity index (χ0v) is 20.6. The monoisotopic (exact) mass is 430 g/mol. The molecule has 3 N–H and O–H groups in total. The molecule has 3 aliphatic rings. The van der Waals surface area contributed by atoms with Crippen molar-refractivity contribution < 1.29 is 15.3 Å². The first-order valence-electron chi connectivity index (χ1n) is 12.6. The van der Waals surface area contributed by atoms with Crippen LogP contribution in [0.4, 0.5) is 0 Å². The van der Waals surface area contributed by atoms with Crippen molar-refractivity contribution in [2.24, 2.45) is 23.2 Å². The summed E-state index contributed by atoms with van der Waals surface area (Å²) in [5.41, 5.74) is 4.42. The van der Waals surface area contributed by atoms with Crippen LogP contribution in [-0.4, -0.2) is 33.1 Å². The van der Waals surface area contributed by atoms with E-state index in [1.807, 2.05) is 13.8 Å². The number of allylic oxidation sites excluding steroid dienone is 3. The van der Waals surface area contributed by atoms with Gasteiger partial charge in [-0.15, -0.1) is 0 Å². The van der Waals surface area contributed by atoms with Gasteiger partial charge < -0.3 is 15.3 Å². The molecular weight excluding hydrogens is 384 g/mol. The highest BCUT2D eigenvalue weighted by molar-refractivity contribution is 5.43. The summed E-state index contributed by atoms with van der Waals surface area (Å²) in [5, 5.41) is 30.5. The van der Waals surface area contributed by atoms with Gasteiger partial charge in [-0.2, -0.15) is 0 Å². The van der Waals surface area contributed by atoms with Crippen molar-refractivity contribution in [3.63, 3.8) is 0 Å². The number of hydrogen-bond donors (Lipinski definition) is 3. The maximum Gasteiger partial charge on any atom is 0.0811 e. The fourth-order valence-corrected chi connectivity index (χ4v) is 7.08. The molecule has 3 nitrogen and oxygen atoms in total. The van der Waals surface area contributed by atoms with E-state index in [-0.39, 0.29) is 0 Å². The van der Waals surface area contributed by atoms with E-state index >= 15 is 0 Å². The number of hydrogen-bond acceptors (Lipinski definition) is 3. The van der Waals surface area contributed by atoms with E-state index in [0.29, 0.717) is 30.1 Å². The Bertz CT molecular complexity index is 725. The fraction of sp³-hybridized carbons (Fsp3) is 0.786. The van der Waals surface area contributed by atoms with Crippen molar-refractivity contribution in [3.05, 3.63) is 34.9 Å². The molecular formula is C28H46O3. The average Bonchev–Trinajstić information content (AvgIpc) is 3.01. The van der Waals surface area contributed by atoms with E-state index < -0.39 is 17.8 Å². The number of aliphatic hydroxyl groups is 3. The van der Waals surface area contributed by atoms with E-state index in [9.17, 15) is 15.3 Å². The molecule has 0 radical (unpaired) electrons. The minimum absolute atomic E-state index is 0.367. The molecule has 3 rings (SSSR count). The largest absolute Gasteiger partial charge is 0.393 e. The molecule has 0 aliphatic heterocycles. The summed E-state index contributed by atoms with van der Waals surface area (Å²) in [6.45, 7) is 15.1. The van der Waals surface area contributed by atoms with Crippen LogP contribution in [0.25, 0.3) is 0 Å². The molecule has 3 aliphatic carbocycles. The molecule has 0 saturated heterocycles. The maximum atomic E-state index is 10.3. The van der Waals surface area contributed by atoms with Crippen LogP contribution in [0.5, 0.6) is 0 Å². The van der Waals surface area contributed by atoms with Gasteiger partial charge in [0, 0.05) is 6.42 Å². The second-order valence-corrected chi connectivity index (χ2v) is 11.8. The highest BCUT2D eigenvalue weighted by Gasteiger charge is 2.50. The molecule has 0 bridgehead atoms. The molecule has 0 aromatic heterocycles. The first-order chi connectivity index (χ1) is 14.4. The highest BCUT2D eigenvalue weighted by atomic mass is 16.3. The molecule has 0 amide bonds. The second kappa shape index (κ2) is 9.53. The first-order valence-corrected chi connectivity index (χ1v) is 12.6. The minimum Gasteiger partial charge on any atom is -0.393 e. The lowest BCUT2D eigenvalue weighted by molar-refractivity contribution is 0.0596. The van der Waals surface area contributed by atoms with Gasteiger partial charge in [-0.3, -0.25) is 0 Å². The zero-order chi connectivity index (χ0) is 23.0. The average molecular weight is 431 g/mol. The number of aliphatic hydroxyl groups excluding tert-OH is 2. The predicted molar refractivity (Wildman–Crippen MR) is 129 cm³/mol. The molecule has 3 fully saturated rings. The topological polar surface area (TPSA) is 60.7 Å². The Morgan fingerprint density at radius 3 is 2.68 bits per heavy atom. The van der Waals surface area contributed by atoms with Gasteiger partial charge in [-0.1, -0.05) is 44.9 Å². The summed E-state index contributed by atoms with van der Waals surface area (Å²) in [4.78, 5) is 0. The Kier molecular flexibility index (Phi) is 7.61. The lowest BCUT2D eigenvalue weighted by Crippen LogP contribution is -2.36. The molecule has 176 valence electrons. The van der Waals surface area contributed by atoms with Gasteiger partial charge in [0.25, 0.3) is 0 Å². The van der Waals surface area contributed by atoms with Gasteiger partial charge in [0.05, 0.1) is 17.8 Å².